The average Bonchev–Trinajstić information content (AvgIpc) is 2.34. The summed E-state index contributed by atoms with van der Waals surface area (Å²) in [6, 6.07) is 4.53. The van der Waals surface area contributed by atoms with Gasteiger partial charge in [-0.2, -0.15) is 0 Å². The third-order valence-corrected chi connectivity index (χ3v) is 2.92. The van der Waals surface area contributed by atoms with Gasteiger partial charge in [0, 0.05) is 6.54 Å². The van der Waals surface area contributed by atoms with Crippen molar-refractivity contribution >= 4 is 11.6 Å². The Balaban J connectivity index is 2.97. The highest BCUT2D eigenvalue weighted by Crippen LogP contribution is 2.23. The minimum atomic E-state index is -0.719. The van der Waals surface area contributed by atoms with Crippen LogP contribution in [0.3, 0.4) is 0 Å². The fourth-order valence-corrected chi connectivity index (χ4v) is 1.86. The van der Waals surface area contributed by atoms with Crippen molar-refractivity contribution in [2.75, 3.05) is 18.0 Å². The topological polar surface area (TPSA) is 66.6 Å². The maximum absolute atomic E-state index is 14.0. The lowest BCUT2D eigenvalue weighted by Crippen LogP contribution is -2.35. The Morgan fingerprint density at radius 3 is 2.68 bits per heavy atom. The molecule has 5 heteroatoms. The molecule has 0 aliphatic carbocycles. The maximum Gasteiger partial charge on any atom is 0.236 e. The van der Waals surface area contributed by atoms with Crippen LogP contribution in [-0.2, 0) is 4.79 Å². The summed E-state index contributed by atoms with van der Waals surface area (Å²) in [5.74, 6) is -0.939. The molecule has 4 nitrogen and oxygen atoms in total. The van der Waals surface area contributed by atoms with Gasteiger partial charge in [-0.1, -0.05) is 19.4 Å². The number of benzene rings is 1. The molecule has 0 bridgehead atoms. The van der Waals surface area contributed by atoms with Crippen LogP contribution in [-0.4, -0.2) is 24.1 Å². The number of hydrogen-bond donors (Lipinski definition) is 2. The van der Waals surface area contributed by atoms with Gasteiger partial charge in [0.15, 0.2) is 0 Å². The summed E-state index contributed by atoms with van der Waals surface area (Å²) in [4.78, 5) is 12.7. The van der Waals surface area contributed by atoms with Gasteiger partial charge >= 0.3 is 0 Å². The van der Waals surface area contributed by atoms with Gasteiger partial charge in [-0.05, 0) is 31.0 Å². The summed E-state index contributed by atoms with van der Waals surface area (Å²) in [6.45, 7) is 4.16. The van der Waals surface area contributed by atoms with E-state index in [0.29, 0.717) is 17.8 Å². The molecule has 3 N–H and O–H groups in total. The van der Waals surface area contributed by atoms with Crippen LogP contribution in [0.25, 0.3) is 0 Å². The van der Waals surface area contributed by atoms with Gasteiger partial charge < -0.3 is 15.7 Å². The number of primary amides is 1. The number of aliphatic hydroxyl groups excluding tert-OH is 1. The molecule has 0 aromatic heterocycles. The summed E-state index contributed by atoms with van der Waals surface area (Å²) in [5.41, 5.74) is 6.04. The Morgan fingerprint density at radius 1 is 1.53 bits per heavy atom. The number of aliphatic hydroxyl groups is 1. The lowest BCUT2D eigenvalue weighted by molar-refractivity contribution is -0.116. The zero-order chi connectivity index (χ0) is 14.4. The van der Waals surface area contributed by atoms with E-state index in [1.54, 1.807) is 24.0 Å². The van der Waals surface area contributed by atoms with Crippen molar-refractivity contribution in [2.24, 2.45) is 5.73 Å². The van der Waals surface area contributed by atoms with Gasteiger partial charge in [0.05, 0.1) is 18.3 Å². The molecule has 19 heavy (non-hydrogen) atoms. The summed E-state index contributed by atoms with van der Waals surface area (Å²) in [6.07, 6.45) is 1.08. The molecule has 0 radical (unpaired) electrons. The van der Waals surface area contributed by atoms with E-state index in [-0.39, 0.29) is 6.54 Å². The van der Waals surface area contributed by atoms with Crippen LogP contribution in [0, 0.1) is 5.82 Å². The largest absolute Gasteiger partial charge is 0.389 e. The molecule has 1 unspecified atom stereocenters. The van der Waals surface area contributed by atoms with E-state index in [4.69, 9.17) is 5.73 Å². The second kappa shape index (κ2) is 7.09. The molecule has 0 heterocycles. The molecular weight excluding hydrogens is 247 g/mol. The summed E-state index contributed by atoms with van der Waals surface area (Å²) >= 11 is 0. The molecule has 106 valence electrons. The van der Waals surface area contributed by atoms with Gasteiger partial charge in [0.2, 0.25) is 5.91 Å². The molecule has 1 aromatic rings. The number of nitrogens with two attached hydrogens (primary N) is 1. The second-order valence-corrected chi connectivity index (χ2v) is 4.63. The van der Waals surface area contributed by atoms with E-state index in [1.165, 1.54) is 6.07 Å². The molecule has 1 atom stereocenters. The average molecular weight is 268 g/mol. The molecule has 1 aromatic carbocycles. The fourth-order valence-electron chi connectivity index (χ4n) is 1.86. The zero-order valence-corrected chi connectivity index (χ0v) is 11.4. The third-order valence-electron chi connectivity index (χ3n) is 2.92. The van der Waals surface area contributed by atoms with Crippen LogP contribution in [0.2, 0.25) is 0 Å². The number of unbranched alkanes of at least 4 members (excludes halogenated alkanes) is 1. The lowest BCUT2D eigenvalue weighted by atomic mass is 10.1. The molecule has 0 fully saturated rings. The molecule has 0 saturated heterocycles. The van der Waals surface area contributed by atoms with Gasteiger partial charge in [0.1, 0.15) is 5.82 Å². The van der Waals surface area contributed by atoms with E-state index in [9.17, 15) is 14.3 Å². The number of nitrogens with zero attached hydrogens (tertiary/aromatic N) is 1. The normalized spacial score (nSPS) is 12.2. The van der Waals surface area contributed by atoms with Gasteiger partial charge in [-0.3, -0.25) is 4.79 Å². The van der Waals surface area contributed by atoms with Crippen molar-refractivity contribution in [3.63, 3.8) is 0 Å². The number of anilines is 1. The Labute approximate surface area is 113 Å². The van der Waals surface area contributed by atoms with E-state index < -0.39 is 17.8 Å². The first-order chi connectivity index (χ1) is 8.95. The van der Waals surface area contributed by atoms with Crippen LogP contribution >= 0.6 is 0 Å². The van der Waals surface area contributed by atoms with Crippen LogP contribution in [0.1, 0.15) is 38.4 Å². The number of hydrogen-bond acceptors (Lipinski definition) is 3. The van der Waals surface area contributed by atoms with Crippen molar-refractivity contribution in [1.82, 2.24) is 0 Å². The highest BCUT2D eigenvalue weighted by Gasteiger charge is 2.15. The first-order valence-corrected chi connectivity index (χ1v) is 6.46. The minimum absolute atomic E-state index is 0.00898. The van der Waals surface area contributed by atoms with Crippen molar-refractivity contribution in [3.05, 3.63) is 29.6 Å². The Kier molecular flexibility index (Phi) is 5.76. The van der Waals surface area contributed by atoms with Gasteiger partial charge in [-0.25, -0.2) is 4.39 Å². The number of carbonyl (C=O) groups excluding carboxylic acids is 1. The summed E-state index contributed by atoms with van der Waals surface area (Å²) in [5, 5.41) is 9.41. The third kappa shape index (κ3) is 4.52. The smallest absolute Gasteiger partial charge is 0.236 e. The van der Waals surface area contributed by atoms with Crippen LogP contribution < -0.4 is 10.6 Å². The van der Waals surface area contributed by atoms with Gasteiger partial charge in [0.25, 0.3) is 0 Å². The number of halogens is 1. The molecule has 1 amide bonds. The summed E-state index contributed by atoms with van der Waals surface area (Å²) < 4.78 is 14.0. The fraction of sp³-hybridized carbons (Fsp3) is 0.500. The standard InChI is InChI=1S/C14H21FN2O2/c1-3-4-7-17(9-14(16)19)13-6-5-11(10(2)18)8-12(13)15/h5-6,8,10,18H,3-4,7,9H2,1-2H3,(H2,16,19). The second-order valence-electron chi connectivity index (χ2n) is 4.63. The predicted molar refractivity (Wildman–Crippen MR) is 73.3 cm³/mol. The van der Waals surface area contributed by atoms with E-state index in [2.05, 4.69) is 0 Å². The van der Waals surface area contributed by atoms with E-state index >= 15 is 0 Å². The lowest BCUT2D eigenvalue weighted by Gasteiger charge is -2.24. The van der Waals surface area contributed by atoms with Crippen LogP contribution in [0.5, 0.6) is 0 Å². The van der Waals surface area contributed by atoms with Crippen molar-refractivity contribution in [1.29, 1.82) is 0 Å². The first kappa shape index (κ1) is 15.4. The number of carbonyl (C=O) groups is 1. The first-order valence-electron chi connectivity index (χ1n) is 6.46. The molecule has 0 aliphatic rings. The molecular formula is C14H21FN2O2. The van der Waals surface area contributed by atoms with Crippen LogP contribution in [0.15, 0.2) is 18.2 Å². The maximum atomic E-state index is 14.0. The Hall–Kier alpha value is -1.62. The zero-order valence-electron chi connectivity index (χ0n) is 11.4. The van der Waals surface area contributed by atoms with Crippen molar-refractivity contribution in [3.8, 4) is 0 Å². The molecule has 0 saturated carbocycles. The highest BCUT2D eigenvalue weighted by atomic mass is 19.1. The van der Waals surface area contributed by atoms with Gasteiger partial charge in [-0.15, -0.1) is 0 Å². The molecule has 0 spiro atoms. The Bertz CT molecular complexity index is 435. The summed E-state index contributed by atoms with van der Waals surface area (Å²) in [7, 11) is 0. The highest BCUT2D eigenvalue weighted by molar-refractivity contribution is 5.79. The van der Waals surface area contributed by atoms with Crippen LogP contribution in [0.4, 0.5) is 10.1 Å². The van der Waals surface area contributed by atoms with E-state index in [1.807, 2.05) is 6.92 Å². The molecule has 1 rings (SSSR count). The quantitative estimate of drug-likeness (QED) is 0.794. The monoisotopic (exact) mass is 268 g/mol. The van der Waals surface area contributed by atoms with Crippen molar-refractivity contribution in [2.45, 2.75) is 32.8 Å². The Morgan fingerprint density at radius 2 is 2.21 bits per heavy atom. The number of rotatable bonds is 7. The predicted octanol–water partition coefficient (Wildman–Crippen LogP) is 1.97. The number of amides is 1. The molecule has 0 aliphatic heterocycles. The minimum Gasteiger partial charge on any atom is -0.389 e. The van der Waals surface area contributed by atoms with Crippen molar-refractivity contribution < 1.29 is 14.3 Å². The SMILES string of the molecule is CCCCN(CC(N)=O)c1ccc(C(C)O)cc1F. The van der Waals surface area contributed by atoms with E-state index in [0.717, 1.165) is 12.8 Å².